The van der Waals surface area contributed by atoms with Crippen LogP contribution in [0.4, 0.5) is 0 Å². The van der Waals surface area contributed by atoms with E-state index in [2.05, 4.69) is 21.3 Å². The number of hydrogen-bond acceptors (Lipinski definition) is 5. The van der Waals surface area contributed by atoms with Crippen molar-refractivity contribution in [2.24, 2.45) is 27.4 Å². The Kier molecular flexibility index (Phi) is 11.7. The van der Waals surface area contributed by atoms with E-state index in [1.807, 2.05) is 0 Å². The first-order valence-corrected chi connectivity index (χ1v) is 17.5. The normalized spacial score (nSPS) is 23.8. The van der Waals surface area contributed by atoms with E-state index < -0.39 is 21.7 Å². The summed E-state index contributed by atoms with van der Waals surface area (Å²) in [5.41, 5.74) is 3.07. The summed E-state index contributed by atoms with van der Waals surface area (Å²) in [6.07, 6.45) is 17.4. The summed E-state index contributed by atoms with van der Waals surface area (Å²) < 4.78 is 0. The summed E-state index contributed by atoms with van der Waals surface area (Å²) in [5, 5.41) is 12.4. The Hall–Kier alpha value is -2.65. The van der Waals surface area contributed by atoms with Gasteiger partial charge in [-0.05, 0) is 51.4 Å². The SMILES string of the molecule is CC(=O)NCC1(C(=O)NCC2(C(=O)NCC3(C(=O)NCC4(C(N)=O)CCCCC4)CCCCC3)CCCCC2)CCCCC1. The summed E-state index contributed by atoms with van der Waals surface area (Å²) >= 11 is 0. The van der Waals surface area contributed by atoms with Crippen molar-refractivity contribution in [1.82, 2.24) is 21.3 Å². The summed E-state index contributed by atoms with van der Waals surface area (Å²) in [5.74, 6) is -0.729. The maximum Gasteiger partial charge on any atom is 0.228 e. The Labute approximate surface area is 263 Å². The molecule has 0 aromatic rings. The lowest BCUT2D eigenvalue weighted by Crippen LogP contribution is -2.57. The molecule has 5 amide bonds. The lowest BCUT2D eigenvalue weighted by Gasteiger charge is -2.41. The van der Waals surface area contributed by atoms with E-state index in [0.29, 0.717) is 45.1 Å². The van der Waals surface area contributed by atoms with Gasteiger partial charge in [0, 0.05) is 33.1 Å². The van der Waals surface area contributed by atoms with Gasteiger partial charge in [-0.2, -0.15) is 0 Å². The quantitative estimate of drug-likeness (QED) is 0.226. The van der Waals surface area contributed by atoms with E-state index >= 15 is 0 Å². The fraction of sp³-hybridized carbons (Fsp3) is 0.853. The molecular formula is C34H57N5O5. The number of amides is 5. The van der Waals surface area contributed by atoms with Crippen molar-refractivity contribution >= 4 is 29.5 Å². The van der Waals surface area contributed by atoms with Crippen LogP contribution in [0.2, 0.25) is 0 Å². The predicted octanol–water partition coefficient (Wildman–Crippen LogP) is 3.76. The topological polar surface area (TPSA) is 159 Å². The number of nitrogens with one attached hydrogen (secondary N) is 4. The highest BCUT2D eigenvalue weighted by atomic mass is 16.2. The third-order valence-electron chi connectivity index (χ3n) is 11.6. The molecule has 4 aliphatic carbocycles. The third-order valence-corrected chi connectivity index (χ3v) is 11.6. The molecule has 0 spiro atoms. The van der Waals surface area contributed by atoms with E-state index in [-0.39, 0.29) is 49.2 Å². The van der Waals surface area contributed by atoms with Gasteiger partial charge in [0.15, 0.2) is 0 Å². The van der Waals surface area contributed by atoms with Crippen LogP contribution in [0.15, 0.2) is 0 Å². The fourth-order valence-electron chi connectivity index (χ4n) is 8.48. The standard InChI is InChI=1S/C34H57N5O5/c1-26(40)36-23-32(16-8-3-9-17-32)28(42)38-25-34(20-12-5-13-21-34)30(44)39-24-33(18-10-4-11-19-33)29(43)37-22-31(27(35)41)14-6-2-7-15-31/h2-25H2,1H3,(H2,35,41)(H,36,40)(H,37,43)(H,38,42)(H,39,44). The Balaban J connectivity index is 1.43. The van der Waals surface area contributed by atoms with Crippen LogP contribution in [0.1, 0.15) is 135 Å². The fourth-order valence-corrected chi connectivity index (χ4v) is 8.48. The molecule has 44 heavy (non-hydrogen) atoms. The summed E-state index contributed by atoms with van der Waals surface area (Å²) in [6.45, 7) is 2.57. The van der Waals surface area contributed by atoms with E-state index in [9.17, 15) is 24.0 Å². The van der Waals surface area contributed by atoms with Gasteiger partial charge in [-0.15, -0.1) is 0 Å². The molecule has 0 heterocycles. The summed E-state index contributed by atoms with van der Waals surface area (Å²) in [7, 11) is 0. The van der Waals surface area contributed by atoms with Crippen LogP contribution in [-0.4, -0.2) is 55.7 Å². The van der Waals surface area contributed by atoms with Crippen LogP contribution in [0.25, 0.3) is 0 Å². The minimum Gasteiger partial charge on any atom is -0.369 e. The molecule has 10 heteroatoms. The van der Waals surface area contributed by atoms with Crippen molar-refractivity contribution in [2.75, 3.05) is 26.2 Å². The van der Waals surface area contributed by atoms with E-state index in [1.54, 1.807) is 0 Å². The van der Waals surface area contributed by atoms with Crippen LogP contribution in [0.5, 0.6) is 0 Å². The van der Waals surface area contributed by atoms with Gasteiger partial charge >= 0.3 is 0 Å². The zero-order valence-corrected chi connectivity index (χ0v) is 27.1. The first-order chi connectivity index (χ1) is 21.1. The largest absolute Gasteiger partial charge is 0.369 e. The lowest BCUT2D eigenvalue weighted by molar-refractivity contribution is -0.138. The molecule has 0 unspecified atom stereocenters. The number of carbonyl (C=O) groups excluding carboxylic acids is 5. The lowest BCUT2D eigenvalue weighted by atomic mass is 9.70. The van der Waals surface area contributed by atoms with Gasteiger partial charge in [0.1, 0.15) is 0 Å². The van der Waals surface area contributed by atoms with Crippen molar-refractivity contribution in [1.29, 1.82) is 0 Å². The van der Waals surface area contributed by atoms with Gasteiger partial charge in [-0.3, -0.25) is 24.0 Å². The molecule has 0 aromatic carbocycles. The molecule has 0 saturated heterocycles. The van der Waals surface area contributed by atoms with Crippen molar-refractivity contribution in [3.05, 3.63) is 0 Å². The van der Waals surface area contributed by atoms with Gasteiger partial charge in [-0.1, -0.05) is 77.0 Å². The Morgan fingerprint density at radius 2 is 0.682 bits per heavy atom. The second-order valence-electron chi connectivity index (χ2n) is 14.7. The minimum absolute atomic E-state index is 0.0714. The Morgan fingerprint density at radius 1 is 0.432 bits per heavy atom. The molecule has 4 rings (SSSR count). The second-order valence-corrected chi connectivity index (χ2v) is 14.7. The monoisotopic (exact) mass is 615 g/mol. The van der Waals surface area contributed by atoms with Crippen LogP contribution in [-0.2, 0) is 24.0 Å². The number of nitrogens with two attached hydrogens (primary N) is 1. The van der Waals surface area contributed by atoms with Crippen molar-refractivity contribution < 1.29 is 24.0 Å². The predicted molar refractivity (Wildman–Crippen MR) is 169 cm³/mol. The molecule has 0 aliphatic heterocycles. The Bertz CT molecular complexity index is 1030. The van der Waals surface area contributed by atoms with Crippen LogP contribution < -0.4 is 27.0 Å². The van der Waals surface area contributed by atoms with Crippen LogP contribution in [0, 0.1) is 21.7 Å². The van der Waals surface area contributed by atoms with Gasteiger partial charge in [0.25, 0.3) is 0 Å². The van der Waals surface area contributed by atoms with Gasteiger partial charge in [0.05, 0.1) is 21.7 Å². The molecule has 0 bridgehead atoms. The van der Waals surface area contributed by atoms with Gasteiger partial charge in [0.2, 0.25) is 29.5 Å². The minimum atomic E-state index is -0.720. The summed E-state index contributed by atoms with van der Waals surface area (Å²) in [6, 6.07) is 0. The second kappa shape index (κ2) is 15.1. The molecule has 4 aliphatic rings. The number of carbonyl (C=O) groups is 5. The smallest absolute Gasteiger partial charge is 0.228 e. The molecule has 248 valence electrons. The summed E-state index contributed by atoms with van der Waals surface area (Å²) in [4.78, 5) is 65.7. The van der Waals surface area contributed by atoms with Crippen LogP contribution in [0.3, 0.4) is 0 Å². The molecule has 4 saturated carbocycles. The highest BCUT2D eigenvalue weighted by Crippen LogP contribution is 2.41. The first kappa shape index (κ1) is 34.2. The van der Waals surface area contributed by atoms with E-state index in [0.717, 1.165) is 89.9 Å². The first-order valence-electron chi connectivity index (χ1n) is 17.5. The molecule has 4 fully saturated rings. The molecule has 6 N–H and O–H groups in total. The average Bonchev–Trinajstić information content (AvgIpc) is 3.05. The van der Waals surface area contributed by atoms with Crippen molar-refractivity contribution in [3.63, 3.8) is 0 Å². The van der Waals surface area contributed by atoms with Crippen molar-refractivity contribution in [3.8, 4) is 0 Å². The number of primary amides is 1. The van der Waals surface area contributed by atoms with Gasteiger partial charge < -0.3 is 27.0 Å². The number of hydrogen-bond donors (Lipinski definition) is 5. The molecule has 0 radical (unpaired) electrons. The maximum atomic E-state index is 14.0. The molecule has 0 atom stereocenters. The molecule has 0 aromatic heterocycles. The van der Waals surface area contributed by atoms with Crippen LogP contribution >= 0.6 is 0 Å². The molecular weight excluding hydrogens is 558 g/mol. The maximum absolute atomic E-state index is 14.0. The number of rotatable bonds is 12. The third kappa shape index (κ3) is 7.94. The molecule has 10 nitrogen and oxygen atoms in total. The van der Waals surface area contributed by atoms with Crippen molar-refractivity contribution in [2.45, 2.75) is 135 Å². The zero-order chi connectivity index (χ0) is 31.7. The van der Waals surface area contributed by atoms with E-state index in [4.69, 9.17) is 5.73 Å². The highest BCUT2D eigenvalue weighted by molar-refractivity contribution is 5.88. The zero-order valence-electron chi connectivity index (χ0n) is 27.1. The van der Waals surface area contributed by atoms with Gasteiger partial charge in [-0.25, -0.2) is 0 Å². The highest BCUT2D eigenvalue weighted by Gasteiger charge is 2.47. The van der Waals surface area contributed by atoms with E-state index in [1.165, 1.54) is 6.92 Å². The Morgan fingerprint density at radius 3 is 0.955 bits per heavy atom. The average molecular weight is 616 g/mol.